The Morgan fingerprint density at radius 3 is 2.43 bits per heavy atom. The van der Waals surface area contributed by atoms with Gasteiger partial charge in [-0.15, -0.1) is 0 Å². The van der Waals surface area contributed by atoms with E-state index in [1.165, 1.54) is 6.07 Å². The predicted molar refractivity (Wildman–Crippen MR) is 131 cm³/mol. The molecule has 184 valence electrons. The Bertz CT molecular complexity index is 1150. The number of anilines is 2. The molecule has 9 heteroatoms. The zero-order chi connectivity index (χ0) is 24.7. The van der Waals surface area contributed by atoms with E-state index in [2.05, 4.69) is 0 Å². The maximum absolute atomic E-state index is 13.1. The van der Waals surface area contributed by atoms with Crippen LogP contribution < -0.4 is 15.0 Å². The molecule has 0 bridgehead atoms. The number of rotatable bonds is 4. The molecule has 0 aliphatic carbocycles. The average Bonchev–Trinajstić information content (AvgIpc) is 3.21. The van der Waals surface area contributed by atoms with Crippen LogP contribution in [-0.2, 0) is 11.3 Å². The number of hydrogen-bond donors (Lipinski definition) is 2. The first-order valence-electron chi connectivity index (χ1n) is 12.0. The van der Waals surface area contributed by atoms with Gasteiger partial charge in [-0.05, 0) is 44.9 Å². The molecule has 3 aliphatic heterocycles. The summed E-state index contributed by atoms with van der Waals surface area (Å²) in [6.45, 7) is 5.36. The van der Waals surface area contributed by atoms with Crippen molar-refractivity contribution in [3.63, 3.8) is 0 Å². The van der Waals surface area contributed by atoms with Crippen molar-refractivity contribution >= 4 is 29.1 Å². The van der Waals surface area contributed by atoms with E-state index in [4.69, 9.17) is 4.74 Å². The molecule has 0 saturated carbocycles. The predicted octanol–water partition coefficient (Wildman–Crippen LogP) is 3.00. The Hall–Kier alpha value is -3.40. The van der Waals surface area contributed by atoms with Crippen LogP contribution in [0.2, 0.25) is 0 Å². The number of cyclic esters (lactones) is 1. The van der Waals surface area contributed by atoms with Gasteiger partial charge < -0.3 is 19.7 Å². The van der Waals surface area contributed by atoms with Crippen molar-refractivity contribution in [2.24, 2.45) is 0 Å². The van der Waals surface area contributed by atoms with Gasteiger partial charge in [0.25, 0.3) is 5.91 Å². The molecule has 1 saturated heterocycles. The molecule has 9 nitrogen and oxygen atoms in total. The smallest absolute Gasteiger partial charge is 0.414 e. The second kappa shape index (κ2) is 9.33. The van der Waals surface area contributed by atoms with Gasteiger partial charge in [0.2, 0.25) is 0 Å². The van der Waals surface area contributed by atoms with Gasteiger partial charge in [0.1, 0.15) is 12.3 Å². The maximum atomic E-state index is 13.1. The molecule has 3 heterocycles. The molecule has 2 amide bonds. The van der Waals surface area contributed by atoms with Crippen LogP contribution in [0.15, 0.2) is 54.6 Å². The summed E-state index contributed by atoms with van der Waals surface area (Å²) in [7, 11) is 0. The number of para-hydroxylation sites is 1. The normalized spacial score (nSPS) is 23.3. The molecule has 0 radical (unpaired) electrons. The molecule has 5 rings (SSSR count). The molecular weight excluding hydrogens is 448 g/mol. The molecule has 0 spiro atoms. The van der Waals surface area contributed by atoms with Crippen LogP contribution in [0.25, 0.3) is 0 Å². The number of nitrogens with one attached hydrogen (secondary N) is 1. The number of fused-ring (bicyclic) bond motifs is 1. The quantitative estimate of drug-likeness (QED) is 0.518. The van der Waals surface area contributed by atoms with E-state index in [0.29, 0.717) is 37.2 Å². The van der Waals surface area contributed by atoms with Crippen molar-refractivity contribution in [2.75, 3.05) is 22.9 Å². The monoisotopic (exact) mass is 478 g/mol. The number of carbonyl (C=O) groups excluding carboxylic acids is 2. The molecule has 35 heavy (non-hydrogen) atoms. The van der Waals surface area contributed by atoms with Crippen LogP contribution in [0.1, 0.15) is 42.6 Å². The summed E-state index contributed by atoms with van der Waals surface area (Å²) in [6.07, 6.45) is 4.98. The summed E-state index contributed by atoms with van der Waals surface area (Å²) < 4.78 is 5.38. The second-order valence-corrected chi connectivity index (χ2v) is 9.39. The van der Waals surface area contributed by atoms with Crippen LogP contribution in [0.3, 0.4) is 0 Å². The zero-order valence-corrected chi connectivity index (χ0v) is 19.9. The Morgan fingerprint density at radius 1 is 1.06 bits per heavy atom. The molecule has 2 aromatic carbocycles. The average molecular weight is 479 g/mol. The Morgan fingerprint density at radius 2 is 1.74 bits per heavy atom. The minimum absolute atomic E-state index is 0.0278. The van der Waals surface area contributed by atoms with E-state index in [-0.39, 0.29) is 42.4 Å². The van der Waals surface area contributed by atoms with E-state index in [1.54, 1.807) is 21.9 Å². The van der Waals surface area contributed by atoms with E-state index in [1.807, 2.05) is 55.2 Å². The third-order valence-corrected chi connectivity index (χ3v) is 7.22. The number of quaternary nitrogens is 1. The minimum atomic E-state index is -1.06. The van der Waals surface area contributed by atoms with E-state index in [9.17, 15) is 20.0 Å². The highest BCUT2D eigenvalue weighted by Crippen LogP contribution is 2.34. The number of hydrogen-bond acceptors (Lipinski definition) is 6. The maximum Gasteiger partial charge on any atom is 0.414 e. The zero-order valence-electron chi connectivity index (χ0n) is 19.9. The Kier molecular flexibility index (Phi) is 6.22. The number of benzene rings is 2. The number of nitrogens with zero attached hydrogens (tertiary/aromatic N) is 3. The van der Waals surface area contributed by atoms with Gasteiger partial charge >= 0.3 is 6.09 Å². The van der Waals surface area contributed by atoms with Crippen molar-refractivity contribution in [1.29, 1.82) is 0 Å². The number of carbonyl (C=O) groups is 2. The number of piperidine rings is 1. The van der Waals surface area contributed by atoms with Gasteiger partial charge in [0.05, 0.1) is 5.69 Å². The van der Waals surface area contributed by atoms with Gasteiger partial charge in [-0.25, -0.2) is 10.0 Å². The topological polar surface area (TPSA) is 101 Å². The summed E-state index contributed by atoms with van der Waals surface area (Å²) >= 11 is 0. The lowest BCUT2D eigenvalue weighted by atomic mass is 9.99. The van der Waals surface area contributed by atoms with E-state index in [0.717, 1.165) is 11.3 Å². The van der Waals surface area contributed by atoms with Crippen LogP contribution in [0.5, 0.6) is 0 Å². The molecule has 3 unspecified atom stereocenters. The van der Waals surface area contributed by atoms with Gasteiger partial charge in [-0.3, -0.25) is 9.69 Å². The minimum Gasteiger partial charge on any atom is -0.595 e. The molecule has 0 aromatic heterocycles. The van der Waals surface area contributed by atoms with Crippen molar-refractivity contribution < 1.29 is 24.8 Å². The highest BCUT2D eigenvalue weighted by atomic mass is 16.8. The first kappa shape index (κ1) is 23.3. The van der Waals surface area contributed by atoms with Crippen molar-refractivity contribution in [2.45, 2.75) is 51.4 Å². The summed E-state index contributed by atoms with van der Waals surface area (Å²) in [6, 6.07) is 12.6. The SMILES string of the molecule is CC1C=CC(C)N1C(=O)c1ccc(N2CCC(N3C(=O)OCc4ccccc43)CC2)c([NH+]([O-])O)c1. The van der Waals surface area contributed by atoms with Gasteiger partial charge in [-0.1, -0.05) is 30.4 Å². The molecule has 3 aliphatic rings. The summed E-state index contributed by atoms with van der Waals surface area (Å²) in [5, 5.41) is 21.0. The molecular formula is C26H30N4O5. The highest BCUT2D eigenvalue weighted by molar-refractivity contribution is 5.96. The van der Waals surface area contributed by atoms with Crippen LogP contribution in [0, 0.1) is 5.21 Å². The summed E-state index contributed by atoms with van der Waals surface area (Å²) in [5.41, 5.74) is 2.95. The van der Waals surface area contributed by atoms with Crippen LogP contribution in [-0.4, -0.2) is 53.3 Å². The summed E-state index contributed by atoms with van der Waals surface area (Å²) in [4.78, 5) is 31.2. The largest absolute Gasteiger partial charge is 0.595 e. The lowest BCUT2D eigenvalue weighted by Crippen LogP contribution is -2.99. The summed E-state index contributed by atoms with van der Waals surface area (Å²) in [5.74, 6) is -0.176. The first-order valence-corrected chi connectivity index (χ1v) is 12.0. The fraction of sp³-hybridized carbons (Fsp3) is 0.385. The standard InChI is InChI=1S/C26H30N4O5/c1-17-7-8-18(2)28(17)25(31)19-9-10-23(24(15-19)30(33)34)27-13-11-21(12-14-27)29-22-6-4-3-5-20(22)16-35-26(29)32/h3-10,15,17-18,21,30,33H,11-14,16H2,1-2H3. The third kappa shape index (κ3) is 4.27. The number of ether oxygens (including phenoxy) is 1. The van der Waals surface area contributed by atoms with Gasteiger partial charge in [0.15, 0.2) is 5.69 Å². The van der Waals surface area contributed by atoms with Gasteiger partial charge in [-0.2, -0.15) is 5.23 Å². The number of amides is 2. The van der Waals surface area contributed by atoms with Gasteiger partial charge in [0, 0.05) is 48.4 Å². The fourth-order valence-corrected chi connectivity index (χ4v) is 5.40. The lowest BCUT2D eigenvalue weighted by molar-refractivity contribution is -0.990. The Balaban J connectivity index is 1.33. The van der Waals surface area contributed by atoms with E-state index < -0.39 is 5.23 Å². The second-order valence-electron chi connectivity index (χ2n) is 9.39. The van der Waals surface area contributed by atoms with Crippen molar-refractivity contribution in [1.82, 2.24) is 4.90 Å². The van der Waals surface area contributed by atoms with Crippen molar-refractivity contribution in [3.05, 3.63) is 71.0 Å². The third-order valence-electron chi connectivity index (χ3n) is 7.22. The fourth-order valence-electron chi connectivity index (χ4n) is 5.40. The van der Waals surface area contributed by atoms with Crippen molar-refractivity contribution in [3.8, 4) is 0 Å². The first-order chi connectivity index (χ1) is 16.8. The molecule has 1 fully saturated rings. The van der Waals surface area contributed by atoms with E-state index >= 15 is 0 Å². The van der Waals surface area contributed by atoms with Crippen LogP contribution in [0.4, 0.5) is 21.9 Å². The van der Waals surface area contributed by atoms with Crippen LogP contribution >= 0.6 is 0 Å². The lowest BCUT2D eigenvalue weighted by Gasteiger charge is -2.41. The molecule has 3 atom stereocenters. The molecule has 2 aromatic rings. The Labute approximate surface area is 204 Å². The highest BCUT2D eigenvalue weighted by Gasteiger charge is 2.35. The molecule has 2 N–H and O–H groups in total.